The van der Waals surface area contributed by atoms with Crippen LogP contribution in [0.25, 0.3) is 0 Å². The molecule has 0 saturated heterocycles. The van der Waals surface area contributed by atoms with Crippen molar-refractivity contribution in [3.63, 3.8) is 0 Å². The van der Waals surface area contributed by atoms with Crippen LogP contribution in [0.1, 0.15) is 31.1 Å². The molecule has 1 aromatic heterocycles. The van der Waals surface area contributed by atoms with E-state index in [1.807, 2.05) is 29.7 Å². The number of hydrogen-bond acceptors (Lipinski definition) is 3. The van der Waals surface area contributed by atoms with Gasteiger partial charge in [0.15, 0.2) is 0 Å². The second-order valence-electron chi connectivity index (χ2n) is 4.41. The third-order valence-electron chi connectivity index (χ3n) is 2.96. The molecule has 1 atom stereocenters. The highest BCUT2D eigenvalue weighted by Gasteiger charge is 2.15. The minimum Gasteiger partial charge on any atom is -0.305 e. The highest BCUT2D eigenvalue weighted by molar-refractivity contribution is 7.99. The van der Waals surface area contributed by atoms with Crippen LogP contribution in [0.5, 0.6) is 0 Å². The molecule has 0 fully saturated rings. The van der Waals surface area contributed by atoms with Gasteiger partial charge in [0.2, 0.25) is 0 Å². The minimum absolute atomic E-state index is 0.173. The zero-order valence-corrected chi connectivity index (χ0v) is 12.6. The van der Waals surface area contributed by atoms with Gasteiger partial charge in [-0.2, -0.15) is 5.10 Å². The molecule has 1 unspecified atom stereocenters. The fourth-order valence-electron chi connectivity index (χ4n) is 2.11. The number of thioether (sulfide) groups is 1. The molecule has 102 valence electrons. The number of hydrogen-bond donors (Lipinski definition) is 1. The number of rotatable bonds is 6. The molecule has 0 aliphatic carbocycles. The van der Waals surface area contributed by atoms with Crippen LogP contribution < -0.4 is 5.32 Å². The van der Waals surface area contributed by atoms with Crippen LogP contribution in [0, 0.1) is 0 Å². The van der Waals surface area contributed by atoms with Crippen molar-refractivity contribution in [3.05, 3.63) is 47.8 Å². The summed E-state index contributed by atoms with van der Waals surface area (Å²) in [6, 6.07) is 11.0. The van der Waals surface area contributed by atoms with Gasteiger partial charge in [0.25, 0.3) is 0 Å². The van der Waals surface area contributed by atoms with E-state index in [1.54, 1.807) is 0 Å². The van der Waals surface area contributed by atoms with E-state index in [9.17, 15) is 0 Å². The van der Waals surface area contributed by atoms with Crippen LogP contribution in [0.2, 0.25) is 0 Å². The topological polar surface area (TPSA) is 29.9 Å². The number of aromatic nitrogens is 2. The molecule has 1 heterocycles. The normalized spacial score (nSPS) is 12.6. The summed E-state index contributed by atoms with van der Waals surface area (Å²) >= 11 is 1.87. The summed E-state index contributed by atoms with van der Waals surface area (Å²) in [5.41, 5.74) is 2.33. The summed E-state index contributed by atoms with van der Waals surface area (Å²) in [6.45, 7) is 5.22. The first-order valence-electron chi connectivity index (χ1n) is 6.70. The van der Waals surface area contributed by atoms with E-state index >= 15 is 0 Å². The summed E-state index contributed by atoms with van der Waals surface area (Å²) in [5, 5.41) is 8.01. The van der Waals surface area contributed by atoms with Gasteiger partial charge in [-0.25, -0.2) is 0 Å². The van der Waals surface area contributed by atoms with Crippen molar-refractivity contribution < 1.29 is 0 Å². The summed E-state index contributed by atoms with van der Waals surface area (Å²) in [4.78, 5) is 1.32. The molecule has 0 spiro atoms. The van der Waals surface area contributed by atoms with Crippen LogP contribution in [0.3, 0.4) is 0 Å². The molecule has 0 radical (unpaired) electrons. The molecule has 4 heteroatoms. The Bertz CT molecular complexity index is 504. The highest BCUT2D eigenvalue weighted by Crippen LogP contribution is 2.24. The SMILES string of the molecule is CCNC(c1ccc(SCC)cc1)c1ccn(C)n1. The predicted molar refractivity (Wildman–Crippen MR) is 81.6 cm³/mol. The van der Waals surface area contributed by atoms with Crippen molar-refractivity contribution in [1.82, 2.24) is 15.1 Å². The molecule has 0 aliphatic heterocycles. The maximum absolute atomic E-state index is 4.51. The molecule has 3 nitrogen and oxygen atoms in total. The standard InChI is InChI=1S/C15H21N3S/c1-4-16-15(14-10-11-18(3)17-14)12-6-8-13(9-7-12)19-5-2/h6-11,15-16H,4-5H2,1-3H3. The van der Waals surface area contributed by atoms with Crippen molar-refractivity contribution in [1.29, 1.82) is 0 Å². The Morgan fingerprint density at radius 1 is 1.21 bits per heavy atom. The van der Waals surface area contributed by atoms with Crippen LogP contribution >= 0.6 is 11.8 Å². The molecule has 0 bridgehead atoms. The Balaban J connectivity index is 2.23. The lowest BCUT2D eigenvalue weighted by Crippen LogP contribution is -2.22. The average molecular weight is 275 g/mol. The van der Waals surface area contributed by atoms with Gasteiger partial charge in [-0.3, -0.25) is 4.68 Å². The monoisotopic (exact) mass is 275 g/mol. The first-order valence-corrected chi connectivity index (χ1v) is 7.68. The number of aryl methyl sites for hydroxylation is 1. The van der Waals surface area contributed by atoms with Crippen molar-refractivity contribution in [2.75, 3.05) is 12.3 Å². The van der Waals surface area contributed by atoms with Crippen molar-refractivity contribution in [2.45, 2.75) is 24.8 Å². The predicted octanol–water partition coefficient (Wildman–Crippen LogP) is 3.23. The van der Waals surface area contributed by atoms with Gasteiger partial charge in [0, 0.05) is 18.1 Å². The molecule has 0 aliphatic rings. The third kappa shape index (κ3) is 3.61. The summed E-state index contributed by atoms with van der Waals surface area (Å²) in [7, 11) is 1.95. The van der Waals surface area contributed by atoms with E-state index in [1.165, 1.54) is 10.5 Å². The Morgan fingerprint density at radius 2 is 1.95 bits per heavy atom. The lowest BCUT2D eigenvalue weighted by atomic mass is 10.0. The number of nitrogens with one attached hydrogen (secondary N) is 1. The second kappa shape index (κ2) is 6.78. The van der Waals surface area contributed by atoms with Gasteiger partial charge in [-0.15, -0.1) is 11.8 Å². The van der Waals surface area contributed by atoms with Gasteiger partial charge in [-0.1, -0.05) is 26.0 Å². The summed E-state index contributed by atoms with van der Waals surface area (Å²) in [5.74, 6) is 1.11. The first-order chi connectivity index (χ1) is 9.24. The lowest BCUT2D eigenvalue weighted by Gasteiger charge is -2.16. The first kappa shape index (κ1) is 14.2. The zero-order valence-electron chi connectivity index (χ0n) is 11.8. The maximum atomic E-state index is 4.51. The Kier molecular flexibility index (Phi) is 5.05. The molecule has 0 amide bonds. The van der Waals surface area contributed by atoms with Gasteiger partial charge in [0.1, 0.15) is 0 Å². The third-order valence-corrected chi connectivity index (χ3v) is 3.86. The molecule has 19 heavy (non-hydrogen) atoms. The van der Waals surface area contributed by atoms with Crippen molar-refractivity contribution >= 4 is 11.8 Å². The lowest BCUT2D eigenvalue weighted by molar-refractivity contribution is 0.599. The highest BCUT2D eigenvalue weighted by atomic mass is 32.2. The zero-order chi connectivity index (χ0) is 13.7. The molecular formula is C15H21N3S. The maximum Gasteiger partial charge on any atom is 0.0839 e. The van der Waals surface area contributed by atoms with E-state index in [0.717, 1.165) is 18.0 Å². The van der Waals surface area contributed by atoms with Gasteiger partial charge >= 0.3 is 0 Å². The van der Waals surface area contributed by atoms with Crippen molar-refractivity contribution in [3.8, 4) is 0 Å². The largest absolute Gasteiger partial charge is 0.305 e. The fraction of sp³-hybridized carbons (Fsp3) is 0.400. The molecule has 1 aromatic carbocycles. The van der Waals surface area contributed by atoms with E-state index < -0.39 is 0 Å². The minimum atomic E-state index is 0.173. The second-order valence-corrected chi connectivity index (χ2v) is 5.74. The summed E-state index contributed by atoms with van der Waals surface area (Å²) < 4.78 is 1.85. The quantitative estimate of drug-likeness (QED) is 0.821. The Morgan fingerprint density at radius 3 is 2.47 bits per heavy atom. The van der Waals surface area contributed by atoms with E-state index in [2.05, 4.69) is 54.6 Å². The van der Waals surface area contributed by atoms with Gasteiger partial charge < -0.3 is 5.32 Å². The molecule has 0 saturated carbocycles. The average Bonchev–Trinajstić information content (AvgIpc) is 2.84. The number of benzene rings is 1. The fourth-order valence-corrected chi connectivity index (χ4v) is 2.77. The van der Waals surface area contributed by atoms with Crippen LogP contribution in [-0.4, -0.2) is 22.1 Å². The Hall–Kier alpha value is -1.26. The van der Waals surface area contributed by atoms with Crippen LogP contribution in [0.15, 0.2) is 41.4 Å². The van der Waals surface area contributed by atoms with Gasteiger partial charge in [0.05, 0.1) is 11.7 Å². The van der Waals surface area contributed by atoms with E-state index in [-0.39, 0.29) is 6.04 Å². The molecular weight excluding hydrogens is 254 g/mol. The Labute approximate surface area is 119 Å². The van der Waals surface area contributed by atoms with Crippen molar-refractivity contribution in [2.24, 2.45) is 7.05 Å². The molecule has 2 aromatic rings. The van der Waals surface area contributed by atoms with E-state index in [4.69, 9.17) is 0 Å². The van der Waals surface area contributed by atoms with E-state index in [0.29, 0.717) is 0 Å². The summed E-state index contributed by atoms with van der Waals surface area (Å²) in [6.07, 6.45) is 1.99. The van der Waals surface area contributed by atoms with Gasteiger partial charge in [-0.05, 0) is 36.1 Å². The smallest absolute Gasteiger partial charge is 0.0839 e. The van der Waals surface area contributed by atoms with Crippen LogP contribution in [-0.2, 0) is 7.05 Å². The number of nitrogens with zero attached hydrogens (tertiary/aromatic N) is 2. The molecule has 1 N–H and O–H groups in total. The van der Waals surface area contributed by atoms with Crippen LogP contribution in [0.4, 0.5) is 0 Å². The molecule has 2 rings (SSSR count).